The Hall–Kier alpha value is -2.85. The first kappa shape index (κ1) is 18.2. The van der Waals surface area contributed by atoms with Crippen LogP contribution in [-0.4, -0.2) is 26.0 Å². The van der Waals surface area contributed by atoms with Gasteiger partial charge in [0.2, 0.25) is 0 Å². The van der Waals surface area contributed by atoms with Gasteiger partial charge in [-0.3, -0.25) is 4.90 Å². The molecule has 0 radical (unpaired) electrons. The molecule has 0 aliphatic carbocycles. The molecule has 5 rings (SSSR count). The highest BCUT2D eigenvalue weighted by atomic mass is 15.2. The van der Waals surface area contributed by atoms with Crippen molar-refractivity contribution >= 4 is 10.9 Å². The molecule has 1 atom stereocenters. The van der Waals surface area contributed by atoms with Crippen molar-refractivity contribution in [3.05, 3.63) is 89.1 Å². The van der Waals surface area contributed by atoms with Crippen molar-refractivity contribution in [2.45, 2.75) is 45.8 Å². The molecule has 0 saturated carbocycles. The van der Waals surface area contributed by atoms with E-state index >= 15 is 0 Å². The van der Waals surface area contributed by atoms with E-state index in [2.05, 4.69) is 88.0 Å². The monoisotopic (exact) mass is 384 g/mol. The van der Waals surface area contributed by atoms with E-state index in [0.717, 1.165) is 38.3 Å². The lowest BCUT2D eigenvalue weighted by molar-refractivity contribution is 0.194. The van der Waals surface area contributed by atoms with Crippen molar-refractivity contribution in [1.29, 1.82) is 0 Å². The highest BCUT2D eigenvalue weighted by Gasteiger charge is 2.32. The highest BCUT2D eigenvalue weighted by molar-refractivity contribution is 5.85. The van der Waals surface area contributed by atoms with E-state index in [1.807, 2.05) is 6.20 Å². The Kier molecular flexibility index (Phi) is 4.72. The first-order valence-electron chi connectivity index (χ1n) is 10.7. The molecule has 4 aromatic rings. The van der Waals surface area contributed by atoms with Crippen LogP contribution in [0.1, 0.15) is 48.1 Å². The number of imidazole rings is 1. The fourth-order valence-electron chi connectivity index (χ4n) is 4.74. The van der Waals surface area contributed by atoms with E-state index in [1.165, 1.54) is 33.3 Å². The van der Waals surface area contributed by atoms with Gasteiger partial charge in [0.05, 0.1) is 12.6 Å². The molecule has 0 fully saturated rings. The van der Waals surface area contributed by atoms with Crippen LogP contribution in [0.15, 0.2) is 60.9 Å². The van der Waals surface area contributed by atoms with Gasteiger partial charge in [-0.15, -0.1) is 0 Å². The maximum Gasteiger partial charge on any atom is 0.122 e. The standard InChI is InChI=1S/C25H28N4/c1-3-18-9-11-19(12-10-18)25-24-21(20-7-5-6-8-22(20)27-24)13-15-29(25)17-23-26-14-16-28(23)4-2/h5-12,14,16,25,27H,3-4,13,15,17H2,1-2H3/t25-/m1/s1. The normalized spacial score (nSPS) is 17.0. The Labute approximate surface area is 172 Å². The average Bonchev–Trinajstić information content (AvgIpc) is 3.37. The van der Waals surface area contributed by atoms with Gasteiger partial charge in [0.25, 0.3) is 0 Å². The van der Waals surface area contributed by atoms with Gasteiger partial charge in [-0.1, -0.05) is 49.4 Å². The van der Waals surface area contributed by atoms with Crippen molar-refractivity contribution in [2.24, 2.45) is 0 Å². The second-order valence-corrected chi connectivity index (χ2v) is 7.91. The number of rotatable bonds is 5. The summed E-state index contributed by atoms with van der Waals surface area (Å²) in [7, 11) is 0. The van der Waals surface area contributed by atoms with E-state index in [4.69, 9.17) is 0 Å². The zero-order chi connectivity index (χ0) is 19.8. The van der Waals surface area contributed by atoms with Crippen LogP contribution in [0.25, 0.3) is 10.9 Å². The number of nitrogens with zero attached hydrogens (tertiary/aromatic N) is 3. The van der Waals surface area contributed by atoms with Crippen LogP contribution in [0, 0.1) is 0 Å². The number of aromatic nitrogens is 3. The van der Waals surface area contributed by atoms with Gasteiger partial charge in [0.1, 0.15) is 5.82 Å². The molecule has 0 saturated heterocycles. The van der Waals surface area contributed by atoms with Gasteiger partial charge in [-0.2, -0.15) is 0 Å². The maximum absolute atomic E-state index is 4.65. The summed E-state index contributed by atoms with van der Waals surface area (Å²) in [6.45, 7) is 7.23. The Morgan fingerprint density at radius 3 is 2.69 bits per heavy atom. The fraction of sp³-hybridized carbons (Fsp3) is 0.320. The number of hydrogen-bond acceptors (Lipinski definition) is 2. The number of nitrogens with one attached hydrogen (secondary N) is 1. The van der Waals surface area contributed by atoms with Crippen molar-refractivity contribution in [3.8, 4) is 0 Å². The van der Waals surface area contributed by atoms with Crippen molar-refractivity contribution in [2.75, 3.05) is 6.54 Å². The average molecular weight is 385 g/mol. The van der Waals surface area contributed by atoms with Crippen molar-refractivity contribution in [1.82, 2.24) is 19.4 Å². The summed E-state index contributed by atoms with van der Waals surface area (Å²) < 4.78 is 2.25. The van der Waals surface area contributed by atoms with E-state index in [9.17, 15) is 0 Å². The summed E-state index contributed by atoms with van der Waals surface area (Å²) in [5, 5.41) is 1.37. The largest absolute Gasteiger partial charge is 0.357 e. The topological polar surface area (TPSA) is 36.9 Å². The number of hydrogen-bond donors (Lipinski definition) is 1. The third-order valence-electron chi connectivity index (χ3n) is 6.32. The van der Waals surface area contributed by atoms with Gasteiger partial charge in [0, 0.05) is 42.1 Å². The molecule has 29 heavy (non-hydrogen) atoms. The second kappa shape index (κ2) is 7.53. The second-order valence-electron chi connectivity index (χ2n) is 7.91. The summed E-state index contributed by atoms with van der Waals surface area (Å²) in [5.41, 5.74) is 6.79. The lowest BCUT2D eigenvalue weighted by Crippen LogP contribution is -2.36. The van der Waals surface area contributed by atoms with E-state index in [-0.39, 0.29) is 6.04 Å². The molecule has 1 N–H and O–H groups in total. The van der Waals surface area contributed by atoms with Crippen LogP contribution in [0.4, 0.5) is 0 Å². The minimum absolute atomic E-state index is 0.221. The Bertz CT molecular complexity index is 1120. The van der Waals surface area contributed by atoms with E-state index in [1.54, 1.807) is 0 Å². The van der Waals surface area contributed by atoms with Crippen LogP contribution in [0.5, 0.6) is 0 Å². The summed E-state index contributed by atoms with van der Waals surface area (Å²) in [6, 6.07) is 18.1. The molecule has 1 aliphatic heterocycles. The molecule has 3 heterocycles. The van der Waals surface area contributed by atoms with Gasteiger partial charge in [-0.25, -0.2) is 4.98 Å². The van der Waals surface area contributed by atoms with Crippen LogP contribution < -0.4 is 0 Å². The third kappa shape index (κ3) is 3.18. The zero-order valence-corrected chi connectivity index (χ0v) is 17.2. The molecule has 1 aliphatic rings. The van der Waals surface area contributed by atoms with Gasteiger partial charge in [-0.05, 0) is 42.5 Å². The number of benzene rings is 2. The minimum Gasteiger partial charge on any atom is -0.357 e. The lowest BCUT2D eigenvalue weighted by Gasteiger charge is -2.36. The van der Waals surface area contributed by atoms with Gasteiger partial charge < -0.3 is 9.55 Å². The fourth-order valence-corrected chi connectivity index (χ4v) is 4.74. The number of aromatic amines is 1. The van der Waals surface area contributed by atoms with E-state index < -0.39 is 0 Å². The third-order valence-corrected chi connectivity index (χ3v) is 6.32. The van der Waals surface area contributed by atoms with Crippen LogP contribution >= 0.6 is 0 Å². The number of H-pyrrole nitrogens is 1. The van der Waals surface area contributed by atoms with Gasteiger partial charge >= 0.3 is 0 Å². The molecule has 4 nitrogen and oxygen atoms in total. The van der Waals surface area contributed by atoms with Crippen molar-refractivity contribution < 1.29 is 0 Å². The minimum atomic E-state index is 0.221. The molecule has 2 aromatic heterocycles. The predicted molar refractivity (Wildman–Crippen MR) is 118 cm³/mol. The SMILES string of the molecule is CCc1ccc([C@@H]2c3[nH]c4ccccc4c3CCN2Cc2nccn2CC)cc1. The molecule has 0 unspecified atom stereocenters. The summed E-state index contributed by atoms with van der Waals surface area (Å²) in [4.78, 5) is 11.0. The number of fused-ring (bicyclic) bond motifs is 3. The Balaban J connectivity index is 1.60. The van der Waals surface area contributed by atoms with Gasteiger partial charge in [0.15, 0.2) is 0 Å². The van der Waals surface area contributed by atoms with Crippen LogP contribution in [0.2, 0.25) is 0 Å². The first-order valence-corrected chi connectivity index (χ1v) is 10.7. The molecule has 4 heteroatoms. The van der Waals surface area contributed by atoms with Crippen LogP contribution in [0.3, 0.4) is 0 Å². The highest BCUT2D eigenvalue weighted by Crippen LogP contribution is 2.39. The molecule has 2 aromatic carbocycles. The molecule has 0 spiro atoms. The number of para-hydroxylation sites is 1. The molecule has 0 amide bonds. The molecule has 148 valence electrons. The van der Waals surface area contributed by atoms with Crippen molar-refractivity contribution in [3.63, 3.8) is 0 Å². The maximum atomic E-state index is 4.65. The Morgan fingerprint density at radius 2 is 1.90 bits per heavy atom. The van der Waals surface area contributed by atoms with E-state index in [0.29, 0.717) is 0 Å². The quantitative estimate of drug-likeness (QED) is 0.520. The number of aryl methyl sites for hydroxylation is 2. The Morgan fingerprint density at radius 1 is 1.07 bits per heavy atom. The smallest absolute Gasteiger partial charge is 0.122 e. The summed E-state index contributed by atoms with van der Waals surface area (Å²) >= 11 is 0. The lowest BCUT2D eigenvalue weighted by atomic mass is 9.91. The molecular weight excluding hydrogens is 356 g/mol. The molecular formula is C25H28N4. The predicted octanol–water partition coefficient (Wildman–Crippen LogP) is 5.09. The zero-order valence-electron chi connectivity index (χ0n) is 17.2. The summed E-state index contributed by atoms with van der Waals surface area (Å²) in [6.07, 6.45) is 6.14. The molecule has 0 bridgehead atoms. The summed E-state index contributed by atoms with van der Waals surface area (Å²) in [5.74, 6) is 1.14. The van der Waals surface area contributed by atoms with Crippen LogP contribution in [-0.2, 0) is 25.9 Å². The first-order chi connectivity index (χ1) is 14.3.